The van der Waals surface area contributed by atoms with Gasteiger partial charge in [-0.25, -0.2) is 4.98 Å². The van der Waals surface area contributed by atoms with E-state index in [2.05, 4.69) is 38.8 Å². The van der Waals surface area contributed by atoms with Gasteiger partial charge < -0.3 is 4.43 Å². The highest BCUT2D eigenvalue weighted by molar-refractivity contribution is 6.74. The van der Waals surface area contributed by atoms with Gasteiger partial charge in [0.05, 0.1) is 6.26 Å². The van der Waals surface area contributed by atoms with Crippen molar-refractivity contribution < 1.29 is 4.43 Å². The van der Waals surface area contributed by atoms with E-state index in [-0.39, 0.29) is 5.04 Å². The van der Waals surface area contributed by atoms with E-state index < -0.39 is 8.32 Å². The molecule has 1 heterocycles. The molecule has 0 aliphatic heterocycles. The zero-order chi connectivity index (χ0) is 13.1. The Labute approximate surface area is 110 Å². The van der Waals surface area contributed by atoms with Crippen LogP contribution in [0.1, 0.15) is 26.3 Å². The predicted octanol–water partition coefficient (Wildman–Crippen LogP) is 4.73. The molecule has 0 aliphatic carbocycles. The molecule has 4 heteroatoms. The monoisotopic (exact) mass is 269 g/mol. The van der Waals surface area contributed by atoms with Gasteiger partial charge in [-0.1, -0.05) is 32.4 Å². The van der Waals surface area contributed by atoms with E-state index in [0.29, 0.717) is 5.15 Å². The molecule has 1 aromatic heterocycles. The summed E-state index contributed by atoms with van der Waals surface area (Å²) in [5.41, 5.74) is 1.00. The molecule has 2 nitrogen and oxygen atoms in total. The fourth-order valence-corrected chi connectivity index (χ4v) is 1.92. The normalized spacial score (nSPS) is 13.1. The Balaban J connectivity index is 2.68. The van der Waals surface area contributed by atoms with Gasteiger partial charge in [-0.05, 0) is 41.9 Å². The average Bonchev–Trinajstić information content (AvgIpc) is 2.15. The first-order valence-electron chi connectivity index (χ1n) is 5.68. The highest BCUT2D eigenvalue weighted by Crippen LogP contribution is 2.36. The number of nitrogens with zero attached hydrogens (tertiary/aromatic N) is 1. The maximum Gasteiger partial charge on any atom is 0.249 e. The first kappa shape index (κ1) is 14.3. The predicted molar refractivity (Wildman–Crippen MR) is 76.6 cm³/mol. The molecule has 0 unspecified atom stereocenters. The number of hydrogen-bond donors (Lipinski definition) is 0. The maximum atomic E-state index is 5.93. The summed E-state index contributed by atoms with van der Waals surface area (Å²) in [6.45, 7) is 11.1. The summed E-state index contributed by atoms with van der Waals surface area (Å²) < 4.78 is 5.93. The lowest BCUT2D eigenvalue weighted by atomic mass is 10.2. The van der Waals surface area contributed by atoms with Gasteiger partial charge in [0.25, 0.3) is 0 Å². The molecular formula is C13H20ClNOSi. The fourth-order valence-electron chi connectivity index (χ4n) is 0.981. The highest BCUT2D eigenvalue weighted by atomic mass is 35.5. The van der Waals surface area contributed by atoms with Crippen molar-refractivity contribution in [2.24, 2.45) is 0 Å². The highest BCUT2D eigenvalue weighted by Gasteiger charge is 2.37. The van der Waals surface area contributed by atoms with Gasteiger partial charge in [0.15, 0.2) is 0 Å². The second-order valence-corrected chi connectivity index (χ2v) is 10.7. The zero-order valence-corrected chi connectivity index (χ0v) is 12.9. The third kappa shape index (κ3) is 4.17. The Morgan fingerprint density at radius 3 is 2.53 bits per heavy atom. The van der Waals surface area contributed by atoms with E-state index in [9.17, 15) is 0 Å². The summed E-state index contributed by atoms with van der Waals surface area (Å²) in [6.07, 6.45) is 5.39. The van der Waals surface area contributed by atoms with Crippen molar-refractivity contribution in [2.75, 3.05) is 0 Å². The smallest absolute Gasteiger partial charge is 0.249 e. The molecule has 1 aromatic rings. The molecule has 0 aromatic carbocycles. The van der Waals surface area contributed by atoms with Crippen LogP contribution < -0.4 is 0 Å². The largest absolute Gasteiger partial charge is 0.549 e. The molecule has 0 aliphatic rings. The van der Waals surface area contributed by atoms with Crippen molar-refractivity contribution in [3.63, 3.8) is 0 Å². The SMILES string of the molecule is CC(C)(C)[Si](C)(C)OC=Cc1ccnc(Cl)c1. The van der Waals surface area contributed by atoms with Gasteiger partial charge in [0.2, 0.25) is 8.32 Å². The molecule has 0 N–H and O–H groups in total. The van der Waals surface area contributed by atoms with Crippen LogP contribution >= 0.6 is 11.6 Å². The molecule has 0 bridgehead atoms. The van der Waals surface area contributed by atoms with Gasteiger partial charge in [0.1, 0.15) is 5.15 Å². The summed E-state index contributed by atoms with van der Waals surface area (Å²) in [5, 5.41) is 0.715. The molecule has 0 saturated carbocycles. The van der Waals surface area contributed by atoms with E-state index >= 15 is 0 Å². The van der Waals surface area contributed by atoms with Crippen molar-refractivity contribution in [2.45, 2.75) is 38.9 Å². The van der Waals surface area contributed by atoms with E-state index in [1.807, 2.05) is 18.2 Å². The second kappa shape index (κ2) is 5.23. The third-order valence-corrected chi connectivity index (χ3v) is 7.72. The molecule has 0 saturated heterocycles. The van der Waals surface area contributed by atoms with E-state index in [1.165, 1.54) is 0 Å². The van der Waals surface area contributed by atoms with Crippen molar-refractivity contribution in [1.29, 1.82) is 0 Å². The summed E-state index contributed by atoms with van der Waals surface area (Å²) >= 11 is 5.81. The first-order chi connectivity index (χ1) is 7.72. The molecule has 0 fully saturated rings. The lowest BCUT2D eigenvalue weighted by Gasteiger charge is -2.34. The molecule has 0 amide bonds. The van der Waals surface area contributed by atoms with Crippen LogP contribution in [0.5, 0.6) is 0 Å². The fraction of sp³-hybridized carbons (Fsp3) is 0.462. The summed E-state index contributed by atoms with van der Waals surface area (Å²) in [7, 11) is -1.71. The molecular weight excluding hydrogens is 250 g/mol. The summed E-state index contributed by atoms with van der Waals surface area (Å²) in [5.74, 6) is 0. The topological polar surface area (TPSA) is 22.1 Å². The van der Waals surface area contributed by atoms with Crippen molar-refractivity contribution in [1.82, 2.24) is 4.98 Å². The number of pyridine rings is 1. The number of rotatable bonds is 3. The lowest BCUT2D eigenvalue weighted by Crippen LogP contribution is -2.39. The Bertz CT molecular complexity index is 410. The molecule has 0 spiro atoms. The van der Waals surface area contributed by atoms with Crippen LogP contribution in [0.25, 0.3) is 6.08 Å². The van der Waals surface area contributed by atoms with Crippen LogP contribution in [0.15, 0.2) is 24.6 Å². The third-order valence-electron chi connectivity index (χ3n) is 3.18. The van der Waals surface area contributed by atoms with Crippen LogP contribution in [-0.2, 0) is 4.43 Å². The van der Waals surface area contributed by atoms with Gasteiger partial charge in [0, 0.05) is 6.20 Å². The summed E-state index contributed by atoms with van der Waals surface area (Å²) in [6, 6.07) is 3.71. The number of halogens is 1. The lowest BCUT2D eigenvalue weighted by molar-refractivity contribution is 0.433. The van der Waals surface area contributed by atoms with Gasteiger partial charge in [-0.15, -0.1) is 0 Å². The second-order valence-electron chi connectivity index (χ2n) is 5.59. The van der Waals surface area contributed by atoms with Crippen LogP contribution in [0.3, 0.4) is 0 Å². The van der Waals surface area contributed by atoms with Crippen LogP contribution in [-0.4, -0.2) is 13.3 Å². The van der Waals surface area contributed by atoms with Crippen LogP contribution in [0, 0.1) is 0 Å². The van der Waals surface area contributed by atoms with Crippen molar-refractivity contribution in [3.8, 4) is 0 Å². The number of aromatic nitrogens is 1. The average molecular weight is 270 g/mol. The van der Waals surface area contributed by atoms with E-state index in [0.717, 1.165) is 5.56 Å². The van der Waals surface area contributed by atoms with E-state index in [4.69, 9.17) is 16.0 Å². The van der Waals surface area contributed by atoms with Crippen LogP contribution in [0.2, 0.25) is 23.3 Å². The Kier molecular flexibility index (Phi) is 4.39. The Morgan fingerprint density at radius 2 is 2.00 bits per heavy atom. The maximum absolute atomic E-state index is 5.93. The Morgan fingerprint density at radius 1 is 1.35 bits per heavy atom. The molecule has 1 rings (SSSR count). The minimum Gasteiger partial charge on any atom is -0.549 e. The van der Waals surface area contributed by atoms with Gasteiger partial charge in [-0.2, -0.15) is 0 Å². The molecule has 0 atom stereocenters. The summed E-state index contributed by atoms with van der Waals surface area (Å²) in [4.78, 5) is 3.94. The van der Waals surface area contributed by atoms with Crippen LogP contribution in [0.4, 0.5) is 0 Å². The molecule has 17 heavy (non-hydrogen) atoms. The number of hydrogen-bond acceptors (Lipinski definition) is 2. The minimum atomic E-state index is -1.71. The zero-order valence-electron chi connectivity index (χ0n) is 11.1. The van der Waals surface area contributed by atoms with Crippen molar-refractivity contribution >= 4 is 26.0 Å². The van der Waals surface area contributed by atoms with Gasteiger partial charge >= 0.3 is 0 Å². The standard InChI is InChI=1S/C13H20ClNOSi/c1-13(2,3)17(4,5)16-9-7-11-6-8-15-12(14)10-11/h6-10H,1-5H3. The first-order valence-corrected chi connectivity index (χ1v) is 8.97. The quantitative estimate of drug-likeness (QED) is 0.450. The Hall–Kier alpha value is -0.803. The van der Waals surface area contributed by atoms with Gasteiger partial charge in [-0.3, -0.25) is 0 Å². The molecule has 0 radical (unpaired) electrons. The van der Waals surface area contributed by atoms with Crippen molar-refractivity contribution in [3.05, 3.63) is 35.3 Å². The van der Waals surface area contributed by atoms with E-state index in [1.54, 1.807) is 12.5 Å². The molecule has 94 valence electrons. The minimum absolute atomic E-state index is 0.216.